The van der Waals surface area contributed by atoms with E-state index < -0.39 is 0 Å². The van der Waals surface area contributed by atoms with E-state index in [-0.39, 0.29) is 6.61 Å². The SMILES string of the molecule is C#CCN(C)c1ncc(CO)cc1Cl. The van der Waals surface area contributed by atoms with Gasteiger partial charge in [0.15, 0.2) is 0 Å². The molecule has 0 saturated heterocycles. The van der Waals surface area contributed by atoms with E-state index >= 15 is 0 Å². The number of halogens is 1. The van der Waals surface area contributed by atoms with Crippen molar-refractivity contribution >= 4 is 17.4 Å². The van der Waals surface area contributed by atoms with Gasteiger partial charge in [0, 0.05) is 13.2 Å². The molecule has 14 heavy (non-hydrogen) atoms. The first-order valence-electron chi connectivity index (χ1n) is 4.09. The number of aromatic nitrogens is 1. The lowest BCUT2D eigenvalue weighted by molar-refractivity contribution is 0.281. The van der Waals surface area contributed by atoms with Crippen LogP contribution in [0.15, 0.2) is 12.3 Å². The Labute approximate surface area is 88.3 Å². The molecule has 0 radical (unpaired) electrons. The van der Waals surface area contributed by atoms with Crippen LogP contribution in [-0.2, 0) is 6.61 Å². The summed E-state index contributed by atoms with van der Waals surface area (Å²) in [7, 11) is 1.81. The fourth-order valence-electron chi connectivity index (χ4n) is 1.05. The first kappa shape index (κ1) is 10.8. The number of anilines is 1. The lowest BCUT2D eigenvalue weighted by Crippen LogP contribution is -2.18. The molecule has 0 unspecified atom stereocenters. The van der Waals surface area contributed by atoms with Gasteiger partial charge in [-0.1, -0.05) is 17.5 Å². The minimum Gasteiger partial charge on any atom is -0.392 e. The van der Waals surface area contributed by atoms with Crippen molar-refractivity contribution in [3.05, 3.63) is 22.8 Å². The summed E-state index contributed by atoms with van der Waals surface area (Å²) in [4.78, 5) is 5.87. The van der Waals surface area contributed by atoms with Crippen molar-refractivity contribution in [1.82, 2.24) is 4.98 Å². The topological polar surface area (TPSA) is 36.4 Å². The number of hydrogen-bond donors (Lipinski definition) is 1. The quantitative estimate of drug-likeness (QED) is 0.764. The summed E-state index contributed by atoms with van der Waals surface area (Å²) in [6.07, 6.45) is 6.75. The lowest BCUT2D eigenvalue weighted by Gasteiger charge is -2.16. The van der Waals surface area contributed by atoms with E-state index in [2.05, 4.69) is 10.9 Å². The van der Waals surface area contributed by atoms with Crippen molar-refractivity contribution in [2.45, 2.75) is 6.61 Å². The van der Waals surface area contributed by atoms with Gasteiger partial charge < -0.3 is 10.0 Å². The van der Waals surface area contributed by atoms with Crippen molar-refractivity contribution in [1.29, 1.82) is 0 Å². The Hall–Kier alpha value is -1.24. The molecule has 0 aliphatic heterocycles. The Bertz CT molecular complexity index is 360. The Kier molecular flexibility index (Phi) is 3.75. The third-order valence-electron chi connectivity index (χ3n) is 1.75. The van der Waals surface area contributed by atoms with Gasteiger partial charge in [-0.2, -0.15) is 0 Å². The molecule has 0 aliphatic carbocycles. The zero-order valence-corrected chi connectivity index (χ0v) is 8.62. The molecule has 0 fully saturated rings. The van der Waals surface area contributed by atoms with Gasteiger partial charge in [-0.05, 0) is 11.6 Å². The molecule has 74 valence electrons. The average Bonchev–Trinajstić information content (AvgIpc) is 2.17. The summed E-state index contributed by atoms with van der Waals surface area (Å²) in [5.74, 6) is 3.13. The first-order chi connectivity index (χ1) is 6.69. The van der Waals surface area contributed by atoms with Gasteiger partial charge >= 0.3 is 0 Å². The minimum absolute atomic E-state index is 0.0636. The number of aliphatic hydroxyl groups is 1. The second kappa shape index (κ2) is 4.85. The minimum atomic E-state index is -0.0636. The number of pyridine rings is 1. The van der Waals surface area contributed by atoms with Gasteiger partial charge in [0.05, 0.1) is 18.2 Å². The van der Waals surface area contributed by atoms with Gasteiger partial charge in [0.1, 0.15) is 5.82 Å². The van der Waals surface area contributed by atoms with Crippen LogP contribution in [0.2, 0.25) is 5.02 Å². The Morgan fingerprint density at radius 1 is 1.71 bits per heavy atom. The van der Waals surface area contributed by atoms with Crippen molar-refractivity contribution in [3.63, 3.8) is 0 Å². The maximum absolute atomic E-state index is 8.85. The fourth-order valence-corrected chi connectivity index (χ4v) is 1.38. The highest BCUT2D eigenvalue weighted by Crippen LogP contribution is 2.22. The van der Waals surface area contributed by atoms with Crippen LogP contribution in [0.3, 0.4) is 0 Å². The van der Waals surface area contributed by atoms with Crippen molar-refractivity contribution in [2.75, 3.05) is 18.5 Å². The van der Waals surface area contributed by atoms with Gasteiger partial charge in [-0.15, -0.1) is 6.42 Å². The Balaban J connectivity index is 2.94. The molecule has 1 heterocycles. The Morgan fingerprint density at radius 3 is 2.93 bits per heavy atom. The van der Waals surface area contributed by atoms with E-state index in [0.717, 1.165) is 0 Å². The summed E-state index contributed by atoms with van der Waals surface area (Å²) >= 11 is 5.95. The molecule has 0 aliphatic rings. The largest absolute Gasteiger partial charge is 0.392 e. The molecule has 0 atom stereocenters. The molecule has 0 amide bonds. The molecule has 0 saturated carbocycles. The second-order valence-electron chi connectivity index (χ2n) is 2.87. The molecule has 1 N–H and O–H groups in total. The van der Waals surface area contributed by atoms with E-state index in [1.807, 2.05) is 7.05 Å². The summed E-state index contributed by atoms with van der Waals surface area (Å²) in [6, 6.07) is 1.68. The molecule has 3 nitrogen and oxygen atoms in total. The number of rotatable bonds is 3. The van der Waals surface area contributed by atoms with Crippen LogP contribution in [0.25, 0.3) is 0 Å². The van der Waals surface area contributed by atoms with E-state index in [1.54, 1.807) is 17.2 Å². The maximum atomic E-state index is 8.85. The normalized spacial score (nSPS) is 9.57. The molecule has 0 aromatic carbocycles. The molecule has 4 heteroatoms. The smallest absolute Gasteiger partial charge is 0.147 e. The highest BCUT2D eigenvalue weighted by molar-refractivity contribution is 6.33. The summed E-state index contributed by atoms with van der Waals surface area (Å²) in [6.45, 7) is 0.386. The average molecular weight is 211 g/mol. The molecular formula is C10H11ClN2O. The first-order valence-corrected chi connectivity index (χ1v) is 4.46. The van der Waals surface area contributed by atoms with Gasteiger partial charge in [0.25, 0.3) is 0 Å². The van der Waals surface area contributed by atoms with E-state index in [9.17, 15) is 0 Å². The van der Waals surface area contributed by atoms with Crippen LogP contribution in [0.1, 0.15) is 5.56 Å². The van der Waals surface area contributed by atoms with E-state index in [0.29, 0.717) is 22.9 Å². The van der Waals surface area contributed by atoms with Crippen LogP contribution < -0.4 is 4.90 Å². The van der Waals surface area contributed by atoms with Crippen LogP contribution in [-0.4, -0.2) is 23.7 Å². The summed E-state index contributed by atoms with van der Waals surface area (Å²) < 4.78 is 0. The number of hydrogen-bond acceptors (Lipinski definition) is 3. The summed E-state index contributed by atoms with van der Waals surface area (Å²) in [5.41, 5.74) is 0.688. The van der Waals surface area contributed by atoms with Crippen LogP contribution in [0, 0.1) is 12.3 Å². The number of aliphatic hydroxyl groups excluding tert-OH is 1. The predicted octanol–water partition coefficient (Wildman–Crippen LogP) is 1.30. The van der Waals surface area contributed by atoms with Gasteiger partial charge in [-0.3, -0.25) is 0 Å². The van der Waals surface area contributed by atoms with Gasteiger partial charge in [-0.25, -0.2) is 4.98 Å². The highest BCUT2D eigenvalue weighted by Gasteiger charge is 2.06. The number of terminal acetylenes is 1. The predicted molar refractivity (Wildman–Crippen MR) is 57.3 cm³/mol. The van der Waals surface area contributed by atoms with Crippen LogP contribution >= 0.6 is 11.6 Å². The molecule has 1 rings (SSSR count). The standard InChI is InChI=1S/C10H11ClN2O/c1-3-4-13(2)10-9(11)5-8(7-14)6-12-10/h1,5-6,14H,4,7H2,2H3. The van der Waals surface area contributed by atoms with Crippen molar-refractivity contribution in [2.24, 2.45) is 0 Å². The van der Waals surface area contributed by atoms with Crippen molar-refractivity contribution in [3.8, 4) is 12.3 Å². The lowest BCUT2D eigenvalue weighted by atomic mass is 10.3. The molecule has 1 aromatic heterocycles. The van der Waals surface area contributed by atoms with E-state index in [4.69, 9.17) is 23.1 Å². The fraction of sp³-hybridized carbons (Fsp3) is 0.300. The monoisotopic (exact) mass is 210 g/mol. The molecule has 1 aromatic rings. The Morgan fingerprint density at radius 2 is 2.43 bits per heavy atom. The zero-order valence-electron chi connectivity index (χ0n) is 7.87. The van der Waals surface area contributed by atoms with Gasteiger partial charge in [0.2, 0.25) is 0 Å². The molecular weight excluding hydrogens is 200 g/mol. The maximum Gasteiger partial charge on any atom is 0.147 e. The van der Waals surface area contributed by atoms with Crippen LogP contribution in [0.5, 0.6) is 0 Å². The molecule has 0 spiro atoms. The van der Waals surface area contributed by atoms with Crippen molar-refractivity contribution < 1.29 is 5.11 Å². The van der Waals surface area contributed by atoms with Crippen LogP contribution in [0.4, 0.5) is 5.82 Å². The third-order valence-corrected chi connectivity index (χ3v) is 2.03. The number of nitrogens with zero attached hydrogens (tertiary/aromatic N) is 2. The highest BCUT2D eigenvalue weighted by atomic mass is 35.5. The third kappa shape index (κ3) is 2.38. The zero-order chi connectivity index (χ0) is 10.6. The molecule has 0 bridgehead atoms. The summed E-state index contributed by atoms with van der Waals surface area (Å²) in [5, 5.41) is 9.35. The second-order valence-corrected chi connectivity index (χ2v) is 3.27. The van der Waals surface area contributed by atoms with E-state index in [1.165, 1.54) is 0 Å².